The van der Waals surface area contributed by atoms with Crippen LogP contribution in [0.2, 0.25) is 0 Å². The zero-order valence-electron chi connectivity index (χ0n) is 11.5. The molecule has 0 aliphatic carbocycles. The molecule has 4 nitrogen and oxygen atoms in total. The van der Waals surface area contributed by atoms with Crippen LogP contribution in [0.25, 0.3) is 22.2 Å². The molecule has 2 heterocycles. The molecular formula is C18H11NO3. The Bertz CT molecular complexity index is 935. The second kappa shape index (κ2) is 4.70. The molecule has 4 rings (SSSR count). The van der Waals surface area contributed by atoms with Crippen molar-refractivity contribution in [1.29, 1.82) is 0 Å². The van der Waals surface area contributed by atoms with E-state index in [0.717, 1.165) is 16.6 Å². The van der Waals surface area contributed by atoms with Gasteiger partial charge in [-0.15, -0.1) is 0 Å². The van der Waals surface area contributed by atoms with Crippen molar-refractivity contribution in [1.82, 2.24) is 4.57 Å². The molecule has 0 saturated heterocycles. The number of aromatic nitrogens is 1. The van der Waals surface area contributed by atoms with Crippen LogP contribution < -0.4 is 0 Å². The SMILES string of the molecule is O=C1C=C(c2cn(-c3ccccc3)c3ccccc23)C(=O)O1. The minimum absolute atomic E-state index is 0.302. The standard InChI is InChI=1S/C18H11NO3/c20-17-10-14(18(21)22-17)15-11-19(12-6-2-1-3-7-12)16-9-5-4-8-13(15)16/h1-11H. The van der Waals surface area contributed by atoms with Crippen LogP contribution in [0.1, 0.15) is 5.56 Å². The maximum Gasteiger partial charge on any atom is 0.346 e. The molecule has 106 valence electrons. The summed E-state index contributed by atoms with van der Waals surface area (Å²) in [4.78, 5) is 23.2. The smallest absolute Gasteiger partial charge is 0.346 e. The zero-order valence-corrected chi connectivity index (χ0v) is 11.5. The number of carbonyl (C=O) groups excluding carboxylic acids is 2. The van der Waals surface area contributed by atoms with Crippen LogP contribution in [0.4, 0.5) is 0 Å². The highest BCUT2D eigenvalue weighted by atomic mass is 16.6. The van der Waals surface area contributed by atoms with Crippen LogP contribution in [0.5, 0.6) is 0 Å². The van der Waals surface area contributed by atoms with Crippen molar-refractivity contribution in [3.8, 4) is 5.69 Å². The molecule has 3 aromatic rings. The Balaban J connectivity index is 2.00. The molecule has 0 spiro atoms. The third kappa shape index (κ3) is 1.85. The van der Waals surface area contributed by atoms with Crippen LogP contribution in [0.3, 0.4) is 0 Å². The molecule has 2 aromatic carbocycles. The van der Waals surface area contributed by atoms with Crippen LogP contribution in [0.15, 0.2) is 66.9 Å². The predicted molar refractivity (Wildman–Crippen MR) is 82.4 cm³/mol. The van der Waals surface area contributed by atoms with Gasteiger partial charge in [0, 0.05) is 28.9 Å². The van der Waals surface area contributed by atoms with Gasteiger partial charge >= 0.3 is 11.9 Å². The topological polar surface area (TPSA) is 48.3 Å². The van der Waals surface area contributed by atoms with E-state index in [2.05, 4.69) is 4.74 Å². The minimum Gasteiger partial charge on any atom is -0.386 e. The van der Waals surface area contributed by atoms with Crippen molar-refractivity contribution in [2.75, 3.05) is 0 Å². The number of esters is 2. The Kier molecular flexibility index (Phi) is 2.69. The molecular weight excluding hydrogens is 278 g/mol. The maximum absolute atomic E-state index is 11.9. The Labute approximate surface area is 126 Å². The summed E-state index contributed by atoms with van der Waals surface area (Å²) < 4.78 is 6.61. The largest absolute Gasteiger partial charge is 0.386 e. The summed E-state index contributed by atoms with van der Waals surface area (Å²) >= 11 is 0. The molecule has 1 aromatic heterocycles. The average Bonchev–Trinajstić information content (AvgIpc) is 3.08. The first-order valence-electron chi connectivity index (χ1n) is 6.88. The van der Waals surface area contributed by atoms with Crippen LogP contribution in [-0.2, 0) is 14.3 Å². The van der Waals surface area contributed by atoms with E-state index in [1.165, 1.54) is 6.08 Å². The third-order valence-electron chi connectivity index (χ3n) is 3.71. The molecule has 1 aliphatic heterocycles. The monoisotopic (exact) mass is 289 g/mol. The summed E-state index contributed by atoms with van der Waals surface area (Å²) in [5, 5.41) is 0.907. The number of para-hydroxylation sites is 2. The lowest BCUT2D eigenvalue weighted by atomic mass is 10.1. The fourth-order valence-corrected chi connectivity index (χ4v) is 2.74. The second-order valence-corrected chi connectivity index (χ2v) is 5.03. The Hall–Kier alpha value is -3.14. The summed E-state index contributed by atoms with van der Waals surface area (Å²) in [6.45, 7) is 0. The maximum atomic E-state index is 11.9. The van der Waals surface area contributed by atoms with Crippen molar-refractivity contribution >= 4 is 28.4 Å². The minimum atomic E-state index is -0.614. The highest BCUT2D eigenvalue weighted by molar-refractivity contribution is 6.30. The van der Waals surface area contributed by atoms with E-state index in [4.69, 9.17) is 0 Å². The number of benzene rings is 2. The number of fused-ring (bicyclic) bond motifs is 1. The highest BCUT2D eigenvalue weighted by Gasteiger charge is 2.27. The van der Waals surface area contributed by atoms with Gasteiger partial charge in [0.05, 0.1) is 11.1 Å². The normalized spacial score (nSPS) is 14.3. The van der Waals surface area contributed by atoms with Gasteiger partial charge in [0.2, 0.25) is 0 Å². The molecule has 0 fully saturated rings. The third-order valence-corrected chi connectivity index (χ3v) is 3.71. The van der Waals surface area contributed by atoms with E-state index >= 15 is 0 Å². The fourth-order valence-electron chi connectivity index (χ4n) is 2.74. The van der Waals surface area contributed by atoms with Crippen molar-refractivity contribution in [2.45, 2.75) is 0 Å². The van der Waals surface area contributed by atoms with Gasteiger partial charge in [0.15, 0.2) is 0 Å². The van der Waals surface area contributed by atoms with Crippen LogP contribution in [-0.4, -0.2) is 16.5 Å². The number of hydrogen-bond acceptors (Lipinski definition) is 3. The molecule has 0 unspecified atom stereocenters. The summed E-state index contributed by atoms with van der Waals surface area (Å²) in [6, 6.07) is 17.6. The first-order valence-corrected chi connectivity index (χ1v) is 6.88. The quantitative estimate of drug-likeness (QED) is 0.538. The number of rotatable bonds is 2. The first kappa shape index (κ1) is 12.6. The first-order chi connectivity index (χ1) is 10.7. The number of ether oxygens (including phenoxy) is 1. The van der Waals surface area contributed by atoms with E-state index in [1.54, 1.807) is 0 Å². The Morgan fingerprint density at radius 2 is 1.59 bits per heavy atom. The van der Waals surface area contributed by atoms with Crippen molar-refractivity contribution in [3.05, 3.63) is 72.4 Å². The number of nitrogens with zero attached hydrogens (tertiary/aromatic N) is 1. The van der Waals surface area contributed by atoms with Gasteiger partial charge in [0.25, 0.3) is 0 Å². The molecule has 0 saturated carbocycles. The summed E-state index contributed by atoms with van der Waals surface area (Å²) in [7, 11) is 0. The van der Waals surface area contributed by atoms with Crippen LogP contribution in [0, 0.1) is 0 Å². The average molecular weight is 289 g/mol. The number of hydrogen-bond donors (Lipinski definition) is 0. The van der Waals surface area contributed by atoms with Gasteiger partial charge in [0.1, 0.15) is 0 Å². The molecule has 0 atom stereocenters. The van der Waals surface area contributed by atoms with E-state index in [-0.39, 0.29) is 0 Å². The molecule has 0 N–H and O–H groups in total. The number of carbonyl (C=O) groups is 2. The van der Waals surface area contributed by atoms with Gasteiger partial charge < -0.3 is 9.30 Å². The molecule has 1 aliphatic rings. The number of cyclic esters (lactones) is 2. The van der Waals surface area contributed by atoms with Crippen molar-refractivity contribution in [3.63, 3.8) is 0 Å². The lowest BCUT2D eigenvalue weighted by Gasteiger charge is -2.04. The molecule has 0 bridgehead atoms. The molecule has 0 radical (unpaired) electrons. The van der Waals surface area contributed by atoms with E-state index in [1.807, 2.05) is 65.4 Å². The molecule has 4 heteroatoms. The Morgan fingerprint density at radius 1 is 0.864 bits per heavy atom. The van der Waals surface area contributed by atoms with Crippen molar-refractivity contribution in [2.24, 2.45) is 0 Å². The summed E-state index contributed by atoms with van der Waals surface area (Å²) in [6.07, 6.45) is 3.12. The van der Waals surface area contributed by atoms with Crippen LogP contribution >= 0.6 is 0 Å². The van der Waals surface area contributed by atoms with E-state index < -0.39 is 11.9 Å². The fraction of sp³-hybridized carbons (Fsp3) is 0. The zero-order chi connectivity index (χ0) is 15.1. The van der Waals surface area contributed by atoms with Gasteiger partial charge in [-0.3, -0.25) is 0 Å². The van der Waals surface area contributed by atoms with Gasteiger partial charge in [-0.1, -0.05) is 36.4 Å². The van der Waals surface area contributed by atoms with Gasteiger partial charge in [-0.05, 0) is 18.2 Å². The lowest BCUT2D eigenvalue weighted by Crippen LogP contribution is -2.01. The molecule has 0 amide bonds. The summed E-state index contributed by atoms with van der Waals surface area (Å²) in [5.74, 6) is -1.21. The predicted octanol–water partition coefficient (Wildman–Crippen LogP) is 3.10. The van der Waals surface area contributed by atoms with E-state index in [9.17, 15) is 9.59 Å². The Morgan fingerprint density at radius 3 is 2.32 bits per heavy atom. The van der Waals surface area contributed by atoms with Gasteiger partial charge in [-0.25, -0.2) is 9.59 Å². The second-order valence-electron chi connectivity index (χ2n) is 5.03. The van der Waals surface area contributed by atoms with E-state index in [0.29, 0.717) is 11.1 Å². The van der Waals surface area contributed by atoms with Gasteiger partial charge in [-0.2, -0.15) is 0 Å². The summed E-state index contributed by atoms with van der Waals surface area (Å²) in [5.41, 5.74) is 2.96. The lowest BCUT2D eigenvalue weighted by molar-refractivity contribution is -0.149. The van der Waals surface area contributed by atoms with Crippen molar-refractivity contribution < 1.29 is 14.3 Å². The highest BCUT2D eigenvalue weighted by Crippen LogP contribution is 2.32. The molecule has 22 heavy (non-hydrogen) atoms.